The summed E-state index contributed by atoms with van der Waals surface area (Å²) in [5.41, 5.74) is 2.47. The van der Waals surface area contributed by atoms with Crippen LogP contribution in [0, 0.1) is 6.92 Å². The first-order chi connectivity index (χ1) is 7.74. The minimum absolute atomic E-state index is 0.117. The summed E-state index contributed by atoms with van der Waals surface area (Å²) in [7, 11) is 0. The van der Waals surface area contributed by atoms with Gasteiger partial charge in [-0.05, 0) is 38.3 Å². The van der Waals surface area contributed by atoms with Crippen molar-refractivity contribution in [1.29, 1.82) is 0 Å². The zero-order chi connectivity index (χ0) is 11.5. The molecule has 1 unspecified atom stereocenters. The van der Waals surface area contributed by atoms with Gasteiger partial charge >= 0.3 is 0 Å². The Morgan fingerprint density at radius 2 is 2.12 bits per heavy atom. The van der Waals surface area contributed by atoms with Crippen LogP contribution in [0.5, 0.6) is 0 Å². The molecule has 1 atom stereocenters. The number of nitrogens with zero attached hydrogens (tertiary/aromatic N) is 1. The minimum Gasteiger partial charge on any atom is -0.362 e. The van der Waals surface area contributed by atoms with E-state index in [1.54, 1.807) is 0 Å². The highest BCUT2D eigenvalue weighted by atomic mass is 16.1. The van der Waals surface area contributed by atoms with E-state index in [0.29, 0.717) is 5.78 Å². The van der Waals surface area contributed by atoms with Gasteiger partial charge in [0.1, 0.15) is 0 Å². The Bertz CT molecular complexity index is 386. The third-order valence-corrected chi connectivity index (χ3v) is 3.41. The summed E-state index contributed by atoms with van der Waals surface area (Å²) in [5.74, 6) is 0.408. The van der Waals surface area contributed by atoms with Crippen LogP contribution in [0.2, 0.25) is 0 Å². The van der Waals surface area contributed by atoms with Gasteiger partial charge in [0, 0.05) is 18.7 Å². The summed E-state index contributed by atoms with van der Waals surface area (Å²) in [5, 5.41) is 0. The third-order valence-electron chi connectivity index (χ3n) is 3.41. The predicted molar refractivity (Wildman–Crippen MR) is 66.8 cm³/mol. The van der Waals surface area contributed by atoms with Crippen LogP contribution in [0.3, 0.4) is 0 Å². The van der Waals surface area contributed by atoms with Crippen molar-refractivity contribution in [2.45, 2.75) is 39.2 Å². The number of likely N-dealkylation sites (N-methyl/N-ethyl adjacent to an activating group) is 1. The van der Waals surface area contributed by atoms with Crippen LogP contribution < -0.4 is 4.90 Å². The lowest BCUT2D eigenvalue weighted by atomic mass is 10.1. The Kier molecular flexibility index (Phi) is 3.28. The number of rotatable bonds is 3. The van der Waals surface area contributed by atoms with Crippen LogP contribution in [-0.2, 0) is 4.79 Å². The lowest BCUT2D eigenvalue weighted by Gasteiger charge is -2.30. The van der Waals surface area contributed by atoms with Crippen molar-refractivity contribution in [3.8, 4) is 0 Å². The van der Waals surface area contributed by atoms with Gasteiger partial charge in [-0.25, -0.2) is 0 Å². The molecular weight excluding hydrogens is 198 g/mol. The van der Waals surface area contributed by atoms with Crippen molar-refractivity contribution >= 4 is 11.5 Å². The van der Waals surface area contributed by atoms with Crippen LogP contribution in [0.25, 0.3) is 0 Å². The van der Waals surface area contributed by atoms with Crippen LogP contribution in [-0.4, -0.2) is 18.4 Å². The van der Waals surface area contributed by atoms with Gasteiger partial charge in [-0.1, -0.05) is 18.2 Å². The fourth-order valence-electron chi connectivity index (χ4n) is 2.57. The van der Waals surface area contributed by atoms with E-state index in [2.05, 4.69) is 30.9 Å². The molecule has 1 saturated carbocycles. The second-order valence-corrected chi connectivity index (χ2v) is 4.45. The quantitative estimate of drug-likeness (QED) is 0.776. The van der Waals surface area contributed by atoms with Crippen LogP contribution in [0.4, 0.5) is 5.69 Å². The summed E-state index contributed by atoms with van der Waals surface area (Å²) >= 11 is 0. The second-order valence-electron chi connectivity index (χ2n) is 4.45. The van der Waals surface area contributed by atoms with E-state index in [4.69, 9.17) is 0 Å². The van der Waals surface area contributed by atoms with Gasteiger partial charge in [-0.3, -0.25) is 4.79 Å². The number of anilines is 1. The Labute approximate surface area is 97.3 Å². The number of hydrogen-bond acceptors (Lipinski definition) is 2. The SMILES string of the molecule is CCN(c1ccccc1C)C1CCCC1=O. The fourth-order valence-corrected chi connectivity index (χ4v) is 2.57. The van der Waals surface area contributed by atoms with Crippen molar-refractivity contribution < 1.29 is 4.79 Å². The van der Waals surface area contributed by atoms with Crippen LogP contribution in [0.1, 0.15) is 31.7 Å². The smallest absolute Gasteiger partial charge is 0.155 e. The maximum Gasteiger partial charge on any atom is 0.155 e. The Balaban J connectivity index is 2.29. The molecule has 2 heteroatoms. The molecule has 0 aliphatic heterocycles. The first kappa shape index (κ1) is 11.2. The van der Waals surface area contributed by atoms with Gasteiger partial charge in [0.2, 0.25) is 0 Å². The zero-order valence-corrected chi connectivity index (χ0v) is 10.1. The molecule has 1 aromatic carbocycles. The number of aryl methyl sites for hydroxylation is 1. The molecule has 86 valence electrons. The molecule has 1 aliphatic carbocycles. The number of carbonyl (C=O) groups is 1. The highest BCUT2D eigenvalue weighted by Gasteiger charge is 2.29. The molecule has 0 amide bonds. The van der Waals surface area contributed by atoms with E-state index >= 15 is 0 Å². The lowest BCUT2D eigenvalue weighted by Crippen LogP contribution is -2.38. The molecule has 0 bridgehead atoms. The van der Waals surface area contributed by atoms with Crippen molar-refractivity contribution in [2.24, 2.45) is 0 Å². The van der Waals surface area contributed by atoms with Gasteiger partial charge in [-0.2, -0.15) is 0 Å². The molecule has 0 heterocycles. The fraction of sp³-hybridized carbons (Fsp3) is 0.500. The van der Waals surface area contributed by atoms with E-state index in [1.165, 1.54) is 11.3 Å². The molecule has 0 N–H and O–H groups in total. The average molecular weight is 217 g/mol. The van der Waals surface area contributed by atoms with Gasteiger partial charge in [0.15, 0.2) is 5.78 Å². The van der Waals surface area contributed by atoms with Gasteiger partial charge in [0.25, 0.3) is 0 Å². The maximum absolute atomic E-state index is 11.8. The lowest BCUT2D eigenvalue weighted by molar-refractivity contribution is -0.118. The number of para-hydroxylation sites is 1. The highest BCUT2D eigenvalue weighted by Crippen LogP contribution is 2.27. The molecule has 1 fully saturated rings. The molecule has 1 aliphatic rings. The number of hydrogen-bond donors (Lipinski definition) is 0. The molecule has 0 radical (unpaired) electrons. The minimum atomic E-state index is 0.117. The van der Waals surface area contributed by atoms with Gasteiger partial charge in [0.05, 0.1) is 6.04 Å². The molecular formula is C14H19NO. The maximum atomic E-state index is 11.8. The summed E-state index contributed by atoms with van der Waals surface area (Å²) in [6.45, 7) is 5.14. The summed E-state index contributed by atoms with van der Waals surface area (Å²) in [6, 6.07) is 8.43. The van der Waals surface area contributed by atoms with E-state index < -0.39 is 0 Å². The van der Waals surface area contributed by atoms with Crippen LogP contribution >= 0.6 is 0 Å². The van der Waals surface area contributed by atoms with Gasteiger partial charge < -0.3 is 4.90 Å². The van der Waals surface area contributed by atoms with Crippen molar-refractivity contribution in [3.63, 3.8) is 0 Å². The molecule has 2 rings (SSSR count). The largest absolute Gasteiger partial charge is 0.362 e. The van der Waals surface area contributed by atoms with Gasteiger partial charge in [-0.15, -0.1) is 0 Å². The Hall–Kier alpha value is -1.31. The molecule has 0 spiro atoms. The Morgan fingerprint density at radius 1 is 1.38 bits per heavy atom. The normalized spacial score (nSPS) is 20.1. The summed E-state index contributed by atoms with van der Waals surface area (Å²) < 4.78 is 0. The first-order valence-corrected chi connectivity index (χ1v) is 6.09. The van der Waals surface area contributed by atoms with Crippen molar-refractivity contribution in [3.05, 3.63) is 29.8 Å². The van der Waals surface area contributed by atoms with E-state index in [-0.39, 0.29) is 6.04 Å². The molecule has 16 heavy (non-hydrogen) atoms. The van der Waals surface area contributed by atoms with E-state index in [9.17, 15) is 4.79 Å². The molecule has 1 aromatic rings. The first-order valence-electron chi connectivity index (χ1n) is 6.09. The van der Waals surface area contributed by atoms with Crippen LogP contribution in [0.15, 0.2) is 24.3 Å². The molecule has 0 aromatic heterocycles. The summed E-state index contributed by atoms with van der Waals surface area (Å²) in [4.78, 5) is 14.1. The number of benzene rings is 1. The highest BCUT2D eigenvalue weighted by molar-refractivity contribution is 5.89. The number of carbonyl (C=O) groups excluding carboxylic acids is 1. The average Bonchev–Trinajstić information content (AvgIpc) is 2.69. The number of Topliss-reactive ketones (excluding diaryl/α,β-unsaturated/α-hetero) is 1. The molecule has 0 saturated heterocycles. The second kappa shape index (κ2) is 4.69. The topological polar surface area (TPSA) is 20.3 Å². The zero-order valence-electron chi connectivity index (χ0n) is 10.1. The predicted octanol–water partition coefficient (Wildman–Crippen LogP) is 2.94. The van der Waals surface area contributed by atoms with E-state index in [1.807, 2.05) is 12.1 Å². The van der Waals surface area contributed by atoms with Crippen molar-refractivity contribution in [1.82, 2.24) is 0 Å². The molecule has 2 nitrogen and oxygen atoms in total. The summed E-state index contributed by atoms with van der Waals surface area (Å²) in [6.07, 6.45) is 2.82. The van der Waals surface area contributed by atoms with E-state index in [0.717, 1.165) is 25.8 Å². The van der Waals surface area contributed by atoms with Crippen molar-refractivity contribution in [2.75, 3.05) is 11.4 Å². The Morgan fingerprint density at radius 3 is 2.69 bits per heavy atom. The monoisotopic (exact) mass is 217 g/mol. The standard InChI is InChI=1S/C14H19NO/c1-3-15(13-9-6-10-14(13)16)12-8-5-4-7-11(12)2/h4-5,7-8,13H,3,6,9-10H2,1-2H3. The third kappa shape index (κ3) is 1.97. The number of ketones is 1.